The van der Waals surface area contributed by atoms with Gasteiger partial charge in [-0.1, -0.05) is 47.6 Å². The van der Waals surface area contributed by atoms with E-state index in [1.807, 2.05) is 53.7 Å². The average Bonchev–Trinajstić information content (AvgIpc) is 2.58. The lowest BCUT2D eigenvalue weighted by atomic mass is 9.78. The summed E-state index contributed by atoms with van der Waals surface area (Å²) in [6.07, 6.45) is 2.13. The van der Waals surface area contributed by atoms with Crippen LogP contribution in [-0.4, -0.2) is 37.1 Å². The Morgan fingerprint density at radius 3 is 1.83 bits per heavy atom. The number of phenolic OH excluding ortho intramolecular Hbond substituents is 1. The Kier molecular flexibility index (Phi) is 8.18. The molecule has 0 saturated carbocycles. The number of rotatable bonds is 8. The van der Waals surface area contributed by atoms with Gasteiger partial charge in [-0.2, -0.15) is 0 Å². The average molecular weight is 424 g/mol. The summed E-state index contributed by atoms with van der Waals surface area (Å²) in [7, 11) is -1.08. The van der Waals surface area contributed by atoms with Crippen LogP contribution in [0, 0.1) is 0 Å². The minimum absolute atomic E-state index is 0.263. The molecule has 0 fully saturated rings. The van der Waals surface area contributed by atoms with Gasteiger partial charge in [-0.3, -0.25) is 14.2 Å². The number of benzene rings is 1. The summed E-state index contributed by atoms with van der Waals surface area (Å²) >= 11 is 0. The van der Waals surface area contributed by atoms with Crippen molar-refractivity contribution in [3.8, 4) is 5.75 Å². The standard InChI is InChI=1S/C22H33O6P/c1-21(2,3)18-11-15(12-19(20(18)25)22(4,5)6)9-10-16(23)13-17(24)14-29(26,27-7)28-8/h9-12,25H,13-14H2,1-8H3. The van der Waals surface area contributed by atoms with E-state index < -0.39 is 25.3 Å². The third-order valence-electron chi connectivity index (χ3n) is 4.51. The number of ketones is 2. The van der Waals surface area contributed by atoms with Gasteiger partial charge in [-0.15, -0.1) is 0 Å². The van der Waals surface area contributed by atoms with Crippen LogP contribution in [0.2, 0.25) is 0 Å². The normalized spacial score (nSPS) is 13.1. The van der Waals surface area contributed by atoms with Crippen LogP contribution in [0.1, 0.15) is 64.7 Å². The van der Waals surface area contributed by atoms with Gasteiger partial charge >= 0.3 is 7.60 Å². The molecule has 1 N–H and O–H groups in total. The van der Waals surface area contributed by atoms with Gasteiger partial charge in [0.05, 0.1) is 6.42 Å². The Hall–Kier alpha value is -1.75. The van der Waals surface area contributed by atoms with Crippen LogP contribution < -0.4 is 0 Å². The molecule has 0 radical (unpaired) electrons. The topological polar surface area (TPSA) is 89.9 Å². The van der Waals surface area contributed by atoms with E-state index in [4.69, 9.17) is 9.05 Å². The fourth-order valence-electron chi connectivity index (χ4n) is 2.81. The van der Waals surface area contributed by atoms with Gasteiger partial charge in [-0.25, -0.2) is 0 Å². The van der Waals surface area contributed by atoms with Crippen LogP contribution in [-0.2, 0) is 34.0 Å². The minimum atomic E-state index is -3.48. The highest BCUT2D eigenvalue weighted by molar-refractivity contribution is 7.54. The molecule has 7 heteroatoms. The highest BCUT2D eigenvalue weighted by Gasteiger charge is 2.27. The highest BCUT2D eigenvalue weighted by Crippen LogP contribution is 2.46. The van der Waals surface area contributed by atoms with Crippen molar-refractivity contribution in [3.63, 3.8) is 0 Å². The number of carbonyl (C=O) groups is 2. The molecule has 1 aromatic rings. The van der Waals surface area contributed by atoms with Crippen molar-refractivity contribution in [2.45, 2.75) is 58.8 Å². The number of aromatic hydroxyl groups is 1. The number of hydrogen-bond donors (Lipinski definition) is 1. The molecule has 1 aromatic carbocycles. The van der Waals surface area contributed by atoms with Gasteiger partial charge < -0.3 is 14.2 Å². The zero-order valence-corrected chi connectivity index (χ0v) is 19.6. The molecule has 29 heavy (non-hydrogen) atoms. The van der Waals surface area contributed by atoms with E-state index in [1.54, 1.807) is 6.08 Å². The number of Topliss-reactive ketones (excluding diaryl/α,β-unsaturated/α-hetero) is 1. The quantitative estimate of drug-likeness (QED) is 0.358. The number of carbonyl (C=O) groups excluding carboxylic acids is 2. The molecular weight excluding hydrogens is 391 g/mol. The smallest absolute Gasteiger partial charge is 0.337 e. The Morgan fingerprint density at radius 1 is 1.00 bits per heavy atom. The zero-order chi connectivity index (χ0) is 22.6. The number of phenols is 1. The van der Waals surface area contributed by atoms with Gasteiger partial charge in [0.25, 0.3) is 0 Å². The number of allylic oxidation sites excluding steroid dienone is 1. The molecule has 0 aliphatic rings. The fourth-order valence-corrected chi connectivity index (χ4v) is 3.77. The van der Waals surface area contributed by atoms with E-state index in [0.717, 1.165) is 16.7 Å². The summed E-state index contributed by atoms with van der Waals surface area (Å²) in [6.45, 7) is 12.1. The van der Waals surface area contributed by atoms with Crippen molar-refractivity contribution < 1.29 is 28.3 Å². The summed E-state index contributed by atoms with van der Waals surface area (Å²) in [5.74, 6) is -0.655. The van der Waals surface area contributed by atoms with Crippen LogP contribution in [0.5, 0.6) is 5.75 Å². The molecular formula is C22H33O6P. The molecule has 0 aromatic heterocycles. The van der Waals surface area contributed by atoms with Crippen molar-refractivity contribution in [1.29, 1.82) is 0 Å². The van der Waals surface area contributed by atoms with E-state index >= 15 is 0 Å². The summed E-state index contributed by atoms with van der Waals surface area (Å²) in [5, 5.41) is 10.7. The second-order valence-electron chi connectivity index (χ2n) is 9.11. The Balaban J connectivity index is 3.11. The van der Waals surface area contributed by atoms with E-state index in [-0.39, 0.29) is 23.0 Å². The maximum atomic E-state index is 12.2. The molecule has 0 aliphatic heterocycles. The SMILES string of the molecule is COP(=O)(CC(=O)CC(=O)C=Cc1cc(C(C)(C)C)c(O)c(C(C)(C)C)c1)OC. The van der Waals surface area contributed by atoms with Crippen molar-refractivity contribution >= 4 is 25.2 Å². The maximum absolute atomic E-state index is 12.2. The fraction of sp³-hybridized carbons (Fsp3) is 0.545. The Morgan fingerprint density at radius 2 is 1.45 bits per heavy atom. The first-order valence-corrected chi connectivity index (χ1v) is 11.2. The second-order valence-corrected chi connectivity index (χ2v) is 11.4. The van der Waals surface area contributed by atoms with Crippen LogP contribution in [0.4, 0.5) is 0 Å². The van der Waals surface area contributed by atoms with E-state index in [0.29, 0.717) is 0 Å². The molecule has 6 nitrogen and oxygen atoms in total. The monoisotopic (exact) mass is 424 g/mol. The van der Waals surface area contributed by atoms with Crippen molar-refractivity contribution in [1.82, 2.24) is 0 Å². The van der Waals surface area contributed by atoms with E-state index in [9.17, 15) is 19.3 Å². The van der Waals surface area contributed by atoms with E-state index in [2.05, 4.69) is 0 Å². The van der Waals surface area contributed by atoms with Crippen LogP contribution >= 0.6 is 7.60 Å². The van der Waals surface area contributed by atoms with Crippen molar-refractivity contribution in [3.05, 3.63) is 34.9 Å². The molecule has 0 spiro atoms. The maximum Gasteiger partial charge on any atom is 0.337 e. The Bertz CT molecular complexity index is 797. The third kappa shape index (κ3) is 7.22. The lowest BCUT2D eigenvalue weighted by molar-refractivity contribution is -0.123. The van der Waals surface area contributed by atoms with Crippen LogP contribution in [0.25, 0.3) is 6.08 Å². The van der Waals surface area contributed by atoms with Crippen molar-refractivity contribution in [2.24, 2.45) is 0 Å². The zero-order valence-electron chi connectivity index (χ0n) is 18.7. The predicted molar refractivity (Wildman–Crippen MR) is 116 cm³/mol. The van der Waals surface area contributed by atoms with E-state index in [1.165, 1.54) is 20.3 Å². The second kappa shape index (κ2) is 9.38. The van der Waals surface area contributed by atoms with Gasteiger partial charge in [0.15, 0.2) is 11.6 Å². The highest BCUT2D eigenvalue weighted by atomic mass is 31.2. The lowest BCUT2D eigenvalue weighted by Gasteiger charge is -2.27. The van der Waals surface area contributed by atoms with Crippen LogP contribution in [0.3, 0.4) is 0 Å². The molecule has 1 rings (SSSR count). The predicted octanol–water partition coefficient (Wildman–Crippen LogP) is 5.01. The molecule has 162 valence electrons. The number of hydrogen-bond acceptors (Lipinski definition) is 6. The first-order chi connectivity index (χ1) is 13.1. The third-order valence-corrected chi connectivity index (χ3v) is 6.36. The largest absolute Gasteiger partial charge is 0.507 e. The van der Waals surface area contributed by atoms with Gasteiger partial charge in [0, 0.05) is 25.3 Å². The molecule has 0 saturated heterocycles. The summed E-state index contributed by atoms with van der Waals surface area (Å²) in [4.78, 5) is 24.2. The molecule has 0 atom stereocenters. The molecule has 0 bridgehead atoms. The summed E-state index contributed by atoms with van der Waals surface area (Å²) in [6, 6.07) is 3.69. The molecule has 0 aliphatic carbocycles. The van der Waals surface area contributed by atoms with Gasteiger partial charge in [0.2, 0.25) is 0 Å². The first kappa shape index (κ1) is 25.3. The summed E-state index contributed by atoms with van der Waals surface area (Å²) in [5.41, 5.74) is 1.77. The molecule has 0 unspecified atom stereocenters. The minimum Gasteiger partial charge on any atom is -0.507 e. The molecule has 0 heterocycles. The van der Waals surface area contributed by atoms with Crippen LogP contribution in [0.15, 0.2) is 18.2 Å². The van der Waals surface area contributed by atoms with Crippen molar-refractivity contribution in [2.75, 3.05) is 20.4 Å². The van der Waals surface area contributed by atoms with Gasteiger partial charge in [-0.05, 0) is 34.6 Å². The first-order valence-electron chi connectivity index (χ1n) is 9.44. The van der Waals surface area contributed by atoms with Gasteiger partial charge in [0.1, 0.15) is 11.9 Å². The Labute approximate surface area is 173 Å². The molecule has 0 amide bonds. The summed E-state index contributed by atoms with van der Waals surface area (Å²) < 4.78 is 21.5. The lowest BCUT2D eigenvalue weighted by Crippen LogP contribution is -2.17.